The number of fused-ring (bicyclic) bond motifs is 1. The minimum Gasteiger partial charge on any atom is -0.508 e. The molecule has 0 aliphatic heterocycles. The summed E-state index contributed by atoms with van der Waals surface area (Å²) in [5.41, 5.74) is 1.78. The Hall–Kier alpha value is -2.28. The van der Waals surface area contributed by atoms with Gasteiger partial charge in [0.2, 0.25) is 10.1 Å². The molecule has 1 aromatic carbocycles. The van der Waals surface area contributed by atoms with Gasteiger partial charge in [0.25, 0.3) is 0 Å². The second-order valence-electron chi connectivity index (χ2n) is 6.80. The summed E-state index contributed by atoms with van der Waals surface area (Å²) < 4.78 is 7.02. The molecule has 0 aliphatic carbocycles. The minimum atomic E-state index is -0.113. The van der Waals surface area contributed by atoms with Crippen LogP contribution in [0, 0.1) is 0 Å². The average molecular weight is 346 g/mol. The minimum absolute atomic E-state index is 0.000680. The number of nitrogens with zero attached hydrogens (tertiary/aromatic N) is 3. The molecule has 2 aromatic heterocycles. The van der Waals surface area contributed by atoms with E-state index < -0.39 is 0 Å². The van der Waals surface area contributed by atoms with E-state index in [1.807, 2.05) is 19.2 Å². The van der Waals surface area contributed by atoms with Crippen molar-refractivity contribution in [1.29, 1.82) is 0 Å². The summed E-state index contributed by atoms with van der Waals surface area (Å²) in [5.74, 6) is 0.937. The standard InChI is InChI=1S/C17H22N4O2S/c1-10(12-8-11(23-5)6-7-13(12)22)18-15-20-21-9-14(17(2,3)4)19-16(21)24-15/h6-10,22H,1-5H3,(H,18,20). The lowest BCUT2D eigenvalue weighted by atomic mass is 9.93. The van der Waals surface area contributed by atoms with E-state index in [2.05, 4.69) is 36.2 Å². The van der Waals surface area contributed by atoms with Gasteiger partial charge in [0.1, 0.15) is 11.5 Å². The van der Waals surface area contributed by atoms with E-state index in [4.69, 9.17) is 4.74 Å². The molecule has 3 rings (SSSR count). The van der Waals surface area contributed by atoms with E-state index in [-0.39, 0.29) is 17.2 Å². The van der Waals surface area contributed by atoms with Crippen LogP contribution in [0.3, 0.4) is 0 Å². The van der Waals surface area contributed by atoms with Crippen molar-refractivity contribution >= 4 is 21.4 Å². The van der Waals surface area contributed by atoms with Gasteiger partial charge in [0.05, 0.1) is 25.0 Å². The smallest absolute Gasteiger partial charge is 0.214 e. The van der Waals surface area contributed by atoms with Gasteiger partial charge in [-0.3, -0.25) is 0 Å². The number of phenols is 1. The highest BCUT2D eigenvalue weighted by molar-refractivity contribution is 7.20. The van der Waals surface area contributed by atoms with Crippen molar-refractivity contribution in [3.63, 3.8) is 0 Å². The van der Waals surface area contributed by atoms with Crippen molar-refractivity contribution in [2.75, 3.05) is 12.4 Å². The van der Waals surface area contributed by atoms with Crippen molar-refractivity contribution in [2.24, 2.45) is 0 Å². The van der Waals surface area contributed by atoms with Gasteiger partial charge in [-0.1, -0.05) is 32.1 Å². The largest absolute Gasteiger partial charge is 0.508 e. The molecule has 128 valence electrons. The van der Waals surface area contributed by atoms with Crippen LogP contribution in [0.1, 0.15) is 45.0 Å². The number of rotatable bonds is 4. The molecule has 1 atom stereocenters. The number of anilines is 1. The van der Waals surface area contributed by atoms with Crippen LogP contribution in [-0.2, 0) is 5.41 Å². The molecule has 24 heavy (non-hydrogen) atoms. The molecule has 6 nitrogen and oxygen atoms in total. The zero-order valence-electron chi connectivity index (χ0n) is 14.5. The topological polar surface area (TPSA) is 71.7 Å². The molecule has 3 aromatic rings. The second-order valence-corrected chi connectivity index (χ2v) is 7.76. The first-order valence-electron chi connectivity index (χ1n) is 7.78. The number of nitrogens with one attached hydrogen (secondary N) is 1. The van der Waals surface area contributed by atoms with Gasteiger partial charge in [0.15, 0.2) is 0 Å². The quantitative estimate of drug-likeness (QED) is 0.748. The van der Waals surface area contributed by atoms with Crippen molar-refractivity contribution < 1.29 is 9.84 Å². The maximum absolute atomic E-state index is 10.1. The van der Waals surface area contributed by atoms with Gasteiger partial charge in [-0.05, 0) is 25.1 Å². The van der Waals surface area contributed by atoms with Crippen LogP contribution in [0.5, 0.6) is 11.5 Å². The highest BCUT2D eigenvalue weighted by Gasteiger charge is 2.20. The maximum Gasteiger partial charge on any atom is 0.214 e. The number of imidazole rings is 1. The first-order valence-corrected chi connectivity index (χ1v) is 8.59. The van der Waals surface area contributed by atoms with Gasteiger partial charge in [0, 0.05) is 11.0 Å². The number of methoxy groups -OCH3 is 1. The van der Waals surface area contributed by atoms with Crippen LogP contribution < -0.4 is 10.1 Å². The average Bonchev–Trinajstić information content (AvgIpc) is 3.05. The lowest BCUT2D eigenvalue weighted by Gasteiger charge is -2.15. The highest BCUT2D eigenvalue weighted by Crippen LogP contribution is 2.32. The molecule has 0 spiro atoms. The molecule has 2 N–H and O–H groups in total. The monoisotopic (exact) mass is 346 g/mol. The zero-order valence-corrected chi connectivity index (χ0v) is 15.3. The fraction of sp³-hybridized carbons (Fsp3) is 0.412. The number of ether oxygens (including phenoxy) is 1. The summed E-state index contributed by atoms with van der Waals surface area (Å²) in [6, 6.07) is 5.08. The number of hydrogen-bond donors (Lipinski definition) is 2. The van der Waals surface area contributed by atoms with Crippen LogP contribution in [-0.4, -0.2) is 26.8 Å². The number of phenolic OH excluding ortho intramolecular Hbond substituents is 1. The van der Waals surface area contributed by atoms with Crippen molar-refractivity contribution in [3.8, 4) is 11.5 Å². The number of aromatic nitrogens is 3. The molecule has 0 saturated heterocycles. The molecular weight excluding hydrogens is 324 g/mol. The van der Waals surface area contributed by atoms with Crippen LogP contribution >= 0.6 is 11.3 Å². The van der Waals surface area contributed by atoms with Crippen LogP contribution in [0.25, 0.3) is 4.96 Å². The Morgan fingerprint density at radius 3 is 2.71 bits per heavy atom. The van der Waals surface area contributed by atoms with Gasteiger partial charge < -0.3 is 15.2 Å². The molecule has 0 saturated carbocycles. The predicted molar refractivity (Wildman–Crippen MR) is 96.3 cm³/mol. The Morgan fingerprint density at radius 2 is 2.08 bits per heavy atom. The second kappa shape index (κ2) is 5.98. The van der Waals surface area contributed by atoms with Crippen molar-refractivity contribution in [2.45, 2.75) is 39.2 Å². The highest BCUT2D eigenvalue weighted by atomic mass is 32.1. The number of aromatic hydroxyl groups is 1. The molecule has 7 heteroatoms. The summed E-state index contributed by atoms with van der Waals surface area (Å²) in [6.45, 7) is 8.37. The zero-order chi connectivity index (χ0) is 17.5. The van der Waals surface area contributed by atoms with Crippen LogP contribution in [0.2, 0.25) is 0 Å². The summed E-state index contributed by atoms with van der Waals surface area (Å²) >= 11 is 1.49. The molecule has 2 heterocycles. The van der Waals surface area contributed by atoms with E-state index in [0.717, 1.165) is 21.3 Å². The van der Waals surface area contributed by atoms with E-state index in [1.165, 1.54) is 11.3 Å². The van der Waals surface area contributed by atoms with Crippen molar-refractivity contribution in [1.82, 2.24) is 14.6 Å². The Morgan fingerprint density at radius 1 is 1.33 bits per heavy atom. The fourth-order valence-corrected chi connectivity index (χ4v) is 3.26. The third-order valence-corrected chi connectivity index (χ3v) is 4.71. The Labute approximate surface area is 145 Å². The molecular formula is C17H22N4O2S. The van der Waals surface area contributed by atoms with Crippen molar-refractivity contribution in [3.05, 3.63) is 35.7 Å². The first kappa shape index (κ1) is 16.6. The SMILES string of the molecule is COc1ccc(O)c(C(C)Nc2nn3cc(C(C)(C)C)nc3s2)c1. The first-order chi connectivity index (χ1) is 11.3. The molecule has 0 amide bonds. The summed E-state index contributed by atoms with van der Waals surface area (Å²) in [4.78, 5) is 5.49. The van der Waals surface area contributed by atoms with E-state index in [9.17, 15) is 5.11 Å². The van der Waals surface area contributed by atoms with Gasteiger partial charge in [-0.25, -0.2) is 9.50 Å². The number of hydrogen-bond acceptors (Lipinski definition) is 6. The van der Waals surface area contributed by atoms with Gasteiger partial charge in [-0.2, -0.15) is 0 Å². The van der Waals surface area contributed by atoms with E-state index in [0.29, 0.717) is 5.75 Å². The predicted octanol–water partition coefficient (Wildman–Crippen LogP) is 3.98. The third-order valence-electron chi connectivity index (χ3n) is 3.85. The lowest BCUT2D eigenvalue weighted by molar-refractivity contribution is 0.410. The molecule has 0 bridgehead atoms. The van der Waals surface area contributed by atoms with Gasteiger partial charge >= 0.3 is 0 Å². The summed E-state index contributed by atoms with van der Waals surface area (Å²) in [5, 5.41) is 18.7. The van der Waals surface area contributed by atoms with E-state index >= 15 is 0 Å². The van der Waals surface area contributed by atoms with E-state index in [1.54, 1.807) is 23.8 Å². The third kappa shape index (κ3) is 3.17. The number of benzene rings is 1. The molecule has 0 radical (unpaired) electrons. The van der Waals surface area contributed by atoms with Crippen LogP contribution in [0.15, 0.2) is 24.4 Å². The lowest BCUT2D eigenvalue weighted by Crippen LogP contribution is -2.11. The van der Waals surface area contributed by atoms with Crippen LogP contribution in [0.4, 0.5) is 5.13 Å². The molecule has 0 aliphatic rings. The fourth-order valence-electron chi connectivity index (χ4n) is 2.39. The normalized spacial score (nSPS) is 13.2. The maximum atomic E-state index is 10.1. The Kier molecular flexibility index (Phi) is 4.13. The summed E-state index contributed by atoms with van der Waals surface area (Å²) in [7, 11) is 1.61. The Balaban J connectivity index is 1.83. The Bertz CT molecular complexity index is 832. The van der Waals surface area contributed by atoms with Gasteiger partial charge in [-0.15, -0.1) is 5.10 Å². The molecule has 0 fully saturated rings. The summed E-state index contributed by atoms with van der Waals surface area (Å²) in [6.07, 6.45) is 1.96. The molecule has 1 unspecified atom stereocenters.